The first-order chi connectivity index (χ1) is 10.6. The van der Waals surface area contributed by atoms with Gasteiger partial charge in [-0.25, -0.2) is 0 Å². The quantitative estimate of drug-likeness (QED) is 0.851. The van der Waals surface area contributed by atoms with Crippen molar-refractivity contribution in [1.82, 2.24) is 15.3 Å². The molecule has 0 aromatic carbocycles. The van der Waals surface area contributed by atoms with Crippen molar-refractivity contribution in [2.75, 3.05) is 13.2 Å². The Morgan fingerprint density at radius 3 is 2.91 bits per heavy atom. The zero-order valence-electron chi connectivity index (χ0n) is 12.0. The van der Waals surface area contributed by atoms with Crippen molar-refractivity contribution in [2.24, 2.45) is 0 Å². The summed E-state index contributed by atoms with van der Waals surface area (Å²) in [6, 6.07) is 5.41. The van der Waals surface area contributed by atoms with Gasteiger partial charge in [0.05, 0.1) is 18.3 Å². The number of halogens is 1. The van der Waals surface area contributed by atoms with Gasteiger partial charge in [0.1, 0.15) is 12.4 Å². The van der Waals surface area contributed by atoms with Crippen molar-refractivity contribution >= 4 is 21.8 Å². The zero-order valence-corrected chi connectivity index (χ0v) is 13.6. The summed E-state index contributed by atoms with van der Waals surface area (Å²) in [5, 5.41) is 2.69. The molecule has 22 heavy (non-hydrogen) atoms. The summed E-state index contributed by atoms with van der Waals surface area (Å²) in [6.45, 7) is 2.41. The van der Waals surface area contributed by atoms with Crippen molar-refractivity contribution < 1.29 is 9.53 Å². The summed E-state index contributed by atoms with van der Waals surface area (Å²) >= 11 is 3.27. The number of nitrogens with one attached hydrogen (secondary N) is 1. The molecule has 0 aliphatic rings. The first kappa shape index (κ1) is 16.0. The van der Waals surface area contributed by atoms with Gasteiger partial charge in [0.15, 0.2) is 0 Å². The number of hydrogen-bond donors (Lipinski definition) is 1. The van der Waals surface area contributed by atoms with Gasteiger partial charge < -0.3 is 10.1 Å². The van der Waals surface area contributed by atoms with Crippen LogP contribution in [0.3, 0.4) is 0 Å². The number of nitrogens with zero attached hydrogens (tertiary/aromatic N) is 2. The third-order valence-electron chi connectivity index (χ3n) is 2.62. The van der Waals surface area contributed by atoms with Gasteiger partial charge >= 0.3 is 0 Å². The van der Waals surface area contributed by atoms with Crippen LogP contribution in [0.25, 0.3) is 0 Å². The molecule has 112 valence electrons. The number of aromatic nitrogens is 2. The minimum absolute atomic E-state index is 0.216. The first-order valence-electron chi connectivity index (χ1n) is 6.55. The molecule has 0 radical (unpaired) electrons. The van der Waals surface area contributed by atoms with Gasteiger partial charge in [0, 0.05) is 22.6 Å². The fourth-order valence-electron chi connectivity index (χ4n) is 1.54. The Bertz CT molecular complexity index is 705. The van der Waals surface area contributed by atoms with Crippen LogP contribution in [0.2, 0.25) is 0 Å². The lowest BCUT2D eigenvalue weighted by Gasteiger charge is -2.02. The number of aryl methyl sites for hydroxylation is 1. The first-order valence-corrected chi connectivity index (χ1v) is 7.34. The highest BCUT2D eigenvalue weighted by Gasteiger charge is 2.04. The molecule has 2 heterocycles. The summed E-state index contributed by atoms with van der Waals surface area (Å²) in [7, 11) is 0. The fourth-order valence-corrected chi connectivity index (χ4v) is 1.90. The summed E-state index contributed by atoms with van der Waals surface area (Å²) in [5.74, 6) is 6.10. The van der Waals surface area contributed by atoms with E-state index in [1.165, 1.54) is 6.20 Å². The molecule has 0 atom stereocenters. The number of carbonyl (C=O) groups is 1. The summed E-state index contributed by atoms with van der Waals surface area (Å²) in [5.41, 5.74) is 1.42. The Morgan fingerprint density at radius 2 is 2.18 bits per heavy atom. The smallest absolute Gasteiger partial charge is 0.253 e. The average Bonchev–Trinajstić information content (AvgIpc) is 2.52. The third-order valence-corrected chi connectivity index (χ3v) is 3.06. The van der Waals surface area contributed by atoms with Crippen molar-refractivity contribution in [3.8, 4) is 17.6 Å². The van der Waals surface area contributed by atoms with Crippen LogP contribution in [0.15, 0.2) is 41.3 Å². The van der Waals surface area contributed by atoms with E-state index < -0.39 is 0 Å². The Labute approximate surface area is 137 Å². The van der Waals surface area contributed by atoms with E-state index in [2.05, 4.69) is 43.1 Å². The molecular weight excluding hydrogens is 346 g/mol. The normalized spacial score (nSPS) is 9.55. The number of ether oxygens (including phenoxy) is 1. The molecule has 0 aliphatic heterocycles. The molecule has 0 fully saturated rings. The zero-order chi connectivity index (χ0) is 15.8. The second-order valence-corrected chi connectivity index (χ2v) is 5.27. The largest absolute Gasteiger partial charge is 0.479 e. The van der Waals surface area contributed by atoms with E-state index >= 15 is 0 Å². The number of pyridine rings is 2. The average molecular weight is 360 g/mol. The minimum Gasteiger partial charge on any atom is -0.479 e. The Morgan fingerprint density at radius 1 is 1.32 bits per heavy atom. The van der Waals surface area contributed by atoms with E-state index in [1.54, 1.807) is 18.5 Å². The molecule has 5 nitrogen and oxygen atoms in total. The molecule has 0 aliphatic carbocycles. The molecule has 2 aromatic rings. The van der Waals surface area contributed by atoms with Crippen LogP contribution < -0.4 is 10.1 Å². The van der Waals surface area contributed by atoms with Crippen LogP contribution in [-0.2, 0) is 0 Å². The summed E-state index contributed by atoms with van der Waals surface area (Å²) in [4.78, 5) is 19.9. The van der Waals surface area contributed by atoms with Gasteiger partial charge in [-0.15, -0.1) is 0 Å². The molecule has 0 saturated heterocycles. The fraction of sp³-hybridized carbons (Fsp3) is 0.188. The van der Waals surface area contributed by atoms with Crippen LogP contribution in [0.5, 0.6) is 5.75 Å². The van der Waals surface area contributed by atoms with Gasteiger partial charge in [-0.05, 0) is 41.1 Å². The van der Waals surface area contributed by atoms with Gasteiger partial charge in [0.2, 0.25) is 0 Å². The molecule has 1 amide bonds. The number of hydrogen-bond acceptors (Lipinski definition) is 4. The lowest BCUT2D eigenvalue weighted by molar-refractivity contribution is 0.0958. The minimum atomic E-state index is -0.216. The Kier molecular flexibility index (Phi) is 5.92. The topological polar surface area (TPSA) is 64.1 Å². The number of amides is 1. The predicted molar refractivity (Wildman–Crippen MR) is 86.5 cm³/mol. The van der Waals surface area contributed by atoms with Crippen LogP contribution in [0.1, 0.15) is 16.1 Å². The third kappa shape index (κ3) is 5.19. The number of rotatable bonds is 4. The number of carbonyl (C=O) groups excluding carboxylic acids is 1. The lowest BCUT2D eigenvalue weighted by Crippen LogP contribution is -2.23. The summed E-state index contributed by atoms with van der Waals surface area (Å²) < 4.78 is 6.16. The van der Waals surface area contributed by atoms with Crippen LogP contribution in [0, 0.1) is 18.8 Å². The van der Waals surface area contributed by atoms with E-state index in [4.69, 9.17) is 4.74 Å². The molecule has 0 saturated carbocycles. The maximum atomic E-state index is 11.8. The standard InChI is InChI=1S/C16H14BrN3O2/c1-12-4-5-15(11-20-12)22-7-3-2-6-19-16(21)13-8-14(17)10-18-9-13/h4-5,8-11H,6-7H2,1H3,(H,19,21). The van der Waals surface area contributed by atoms with Crippen molar-refractivity contribution in [2.45, 2.75) is 6.92 Å². The van der Waals surface area contributed by atoms with Gasteiger partial charge in [-0.3, -0.25) is 14.8 Å². The van der Waals surface area contributed by atoms with E-state index in [1.807, 2.05) is 19.1 Å². The molecule has 6 heteroatoms. The highest BCUT2D eigenvalue weighted by Crippen LogP contribution is 2.09. The molecule has 2 rings (SSSR count). The maximum absolute atomic E-state index is 11.8. The molecular formula is C16H14BrN3O2. The molecule has 2 aromatic heterocycles. The predicted octanol–water partition coefficient (Wildman–Crippen LogP) is 2.36. The molecule has 0 bridgehead atoms. The second kappa shape index (κ2) is 8.15. The lowest BCUT2D eigenvalue weighted by atomic mass is 10.3. The van der Waals surface area contributed by atoms with E-state index in [0.717, 1.165) is 10.2 Å². The van der Waals surface area contributed by atoms with E-state index in [0.29, 0.717) is 11.3 Å². The second-order valence-electron chi connectivity index (χ2n) is 4.35. The monoisotopic (exact) mass is 359 g/mol. The van der Waals surface area contributed by atoms with E-state index in [-0.39, 0.29) is 19.1 Å². The Balaban J connectivity index is 1.73. The highest BCUT2D eigenvalue weighted by molar-refractivity contribution is 9.10. The van der Waals surface area contributed by atoms with Crippen LogP contribution in [-0.4, -0.2) is 29.0 Å². The van der Waals surface area contributed by atoms with Crippen LogP contribution in [0.4, 0.5) is 0 Å². The van der Waals surface area contributed by atoms with Crippen molar-refractivity contribution in [3.63, 3.8) is 0 Å². The molecule has 0 unspecified atom stereocenters. The van der Waals surface area contributed by atoms with Gasteiger partial charge in [0.25, 0.3) is 5.91 Å². The van der Waals surface area contributed by atoms with Crippen molar-refractivity contribution in [3.05, 3.63) is 52.5 Å². The van der Waals surface area contributed by atoms with Crippen LogP contribution >= 0.6 is 15.9 Å². The van der Waals surface area contributed by atoms with Crippen molar-refractivity contribution in [1.29, 1.82) is 0 Å². The van der Waals surface area contributed by atoms with Gasteiger partial charge in [-0.2, -0.15) is 0 Å². The summed E-state index contributed by atoms with van der Waals surface area (Å²) in [6.07, 6.45) is 4.77. The molecule has 1 N–H and O–H groups in total. The highest BCUT2D eigenvalue weighted by atomic mass is 79.9. The SMILES string of the molecule is Cc1ccc(OCC#CCNC(=O)c2cncc(Br)c2)cn1. The molecule has 0 spiro atoms. The van der Waals surface area contributed by atoms with E-state index in [9.17, 15) is 4.79 Å². The van der Waals surface area contributed by atoms with Gasteiger partial charge in [-0.1, -0.05) is 11.8 Å². The Hall–Kier alpha value is -2.39. The maximum Gasteiger partial charge on any atom is 0.253 e.